The molecule has 0 bridgehead atoms. The van der Waals surface area contributed by atoms with Gasteiger partial charge in [0.2, 0.25) is 5.91 Å². The number of carbonyl (C=O) groups is 1. The summed E-state index contributed by atoms with van der Waals surface area (Å²) in [5.74, 6) is -0.0935. The third-order valence-electron chi connectivity index (χ3n) is 5.06. The summed E-state index contributed by atoms with van der Waals surface area (Å²) < 4.78 is 1.59. The third-order valence-corrected chi connectivity index (χ3v) is 5.06. The van der Waals surface area contributed by atoms with Gasteiger partial charge in [0.1, 0.15) is 12.5 Å². The Morgan fingerprint density at radius 3 is 3.00 bits per heavy atom. The van der Waals surface area contributed by atoms with Gasteiger partial charge in [-0.25, -0.2) is 10.1 Å². The van der Waals surface area contributed by atoms with Crippen LogP contribution < -0.4 is 15.8 Å². The lowest BCUT2D eigenvalue weighted by molar-refractivity contribution is -0.136. The highest BCUT2D eigenvalue weighted by Crippen LogP contribution is 2.23. The summed E-state index contributed by atoms with van der Waals surface area (Å²) in [7, 11) is 0. The Bertz CT molecular complexity index is 750. The van der Waals surface area contributed by atoms with E-state index < -0.39 is 0 Å². The number of carbonyl (C=O) groups excluding carboxylic acids is 1. The van der Waals surface area contributed by atoms with E-state index >= 15 is 0 Å². The molecule has 0 aromatic carbocycles. The number of amides is 1. The van der Waals surface area contributed by atoms with Crippen molar-refractivity contribution in [3.05, 3.63) is 30.4 Å². The number of anilines is 1. The zero-order valence-corrected chi connectivity index (χ0v) is 14.7. The van der Waals surface area contributed by atoms with E-state index in [-0.39, 0.29) is 18.0 Å². The van der Waals surface area contributed by atoms with E-state index in [1.165, 1.54) is 12.0 Å². The second-order valence-electron chi connectivity index (χ2n) is 6.69. The summed E-state index contributed by atoms with van der Waals surface area (Å²) in [6, 6.07) is 2.05. The Hall–Kier alpha value is -2.59. The minimum atomic E-state index is -0.265. The molecular weight excluding hydrogens is 334 g/mol. The van der Waals surface area contributed by atoms with Crippen molar-refractivity contribution in [2.45, 2.75) is 19.5 Å². The van der Waals surface area contributed by atoms with Crippen LogP contribution in [-0.4, -0.2) is 68.7 Å². The van der Waals surface area contributed by atoms with Gasteiger partial charge in [-0.05, 0) is 35.4 Å². The molecule has 2 saturated heterocycles. The van der Waals surface area contributed by atoms with E-state index in [2.05, 4.69) is 43.2 Å². The minimum Gasteiger partial charge on any atom is -0.369 e. The van der Waals surface area contributed by atoms with Crippen LogP contribution in [0.15, 0.2) is 24.8 Å². The normalized spacial score (nSPS) is 23.9. The van der Waals surface area contributed by atoms with Crippen LogP contribution in [0, 0.1) is 12.8 Å². The number of aryl methyl sites for hydroxylation is 1. The fraction of sp³-hybridized carbons (Fsp3) is 0.562. The summed E-state index contributed by atoms with van der Waals surface area (Å²) in [5.41, 5.74) is 8.51. The number of aromatic nitrogens is 5. The maximum Gasteiger partial charge on any atom is 0.230 e. The average molecular weight is 357 g/mol. The molecule has 4 rings (SSSR count). The molecular formula is C16H23N9O. The number of nitrogens with zero attached hydrogens (tertiary/aromatic N) is 7. The monoisotopic (exact) mass is 357 g/mol. The molecule has 10 nitrogen and oxygen atoms in total. The van der Waals surface area contributed by atoms with E-state index in [9.17, 15) is 4.79 Å². The summed E-state index contributed by atoms with van der Waals surface area (Å²) in [4.78, 5) is 21.6. The SMILES string of the molecule is Cc1cnccc1N1CCCN(C(=O)C2CNNC2n2cnnn2)CC1. The van der Waals surface area contributed by atoms with Gasteiger partial charge in [0.15, 0.2) is 0 Å². The number of hydrogen-bond donors (Lipinski definition) is 2. The molecule has 2 N–H and O–H groups in total. The summed E-state index contributed by atoms with van der Waals surface area (Å²) >= 11 is 0. The molecule has 26 heavy (non-hydrogen) atoms. The van der Waals surface area contributed by atoms with Gasteiger partial charge in [-0.3, -0.25) is 15.2 Å². The smallest absolute Gasteiger partial charge is 0.230 e. The molecule has 2 aromatic heterocycles. The highest BCUT2D eigenvalue weighted by atomic mass is 16.2. The van der Waals surface area contributed by atoms with Crippen LogP contribution in [0.2, 0.25) is 0 Å². The fourth-order valence-electron chi connectivity index (χ4n) is 3.69. The van der Waals surface area contributed by atoms with Crippen LogP contribution in [0.1, 0.15) is 18.2 Å². The van der Waals surface area contributed by atoms with Crippen LogP contribution in [0.5, 0.6) is 0 Å². The van der Waals surface area contributed by atoms with Crippen molar-refractivity contribution >= 4 is 11.6 Å². The van der Waals surface area contributed by atoms with Crippen molar-refractivity contribution in [2.75, 3.05) is 37.6 Å². The Labute approximate surface area is 151 Å². The van der Waals surface area contributed by atoms with Gasteiger partial charge < -0.3 is 9.80 Å². The molecule has 2 aliphatic heterocycles. The highest BCUT2D eigenvalue weighted by molar-refractivity contribution is 5.80. The zero-order valence-electron chi connectivity index (χ0n) is 14.7. The van der Waals surface area contributed by atoms with E-state index in [4.69, 9.17) is 0 Å². The van der Waals surface area contributed by atoms with Crippen molar-refractivity contribution in [2.24, 2.45) is 5.92 Å². The highest BCUT2D eigenvalue weighted by Gasteiger charge is 2.37. The van der Waals surface area contributed by atoms with Gasteiger partial charge in [-0.15, -0.1) is 5.10 Å². The maximum absolute atomic E-state index is 13.1. The number of nitrogens with one attached hydrogen (secondary N) is 2. The number of tetrazole rings is 1. The van der Waals surface area contributed by atoms with Crippen molar-refractivity contribution in [1.82, 2.24) is 40.9 Å². The fourth-order valence-corrected chi connectivity index (χ4v) is 3.69. The zero-order chi connectivity index (χ0) is 17.9. The first-order chi connectivity index (χ1) is 12.7. The van der Waals surface area contributed by atoms with E-state index in [0.29, 0.717) is 13.1 Å². The number of hydrazine groups is 1. The van der Waals surface area contributed by atoms with E-state index in [1.807, 2.05) is 23.4 Å². The summed E-state index contributed by atoms with van der Waals surface area (Å²) in [6.07, 6.45) is 5.91. The van der Waals surface area contributed by atoms with Gasteiger partial charge in [-0.1, -0.05) is 0 Å². The largest absolute Gasteiger partial charge is 0.369 e. The van der Waals surface area contributed by atoms with Crippen molar-refractivity contribution in [1.29, 1.82) is 0 Å². The van der Waals surface area contributed by atoms with Gasteiger partial charge in [0.25, 0.3) is 0 Å². The van der Waals surface area contributed by atoms with Crippen molar-refractivity contribution in [3.8, 4) is 0 Å². The Morgan fingerprint density at radius 1 is 1.27 bits per heavy atom. The summed E-state index contributed by atoms with van der Waals surface area (Å²) in [6.45, 7) is 5.86. The second kappa shape index (κ2) is 7.34. The van der Waals surface area contributed by atoms with E-state index in [0.717, 1.165) is 31.6 Å². The van der Waals surface area contributed by atoms with Gasteiger partial charge in [0, 0.05) is 50.8 Å². The molecule has 0 spiro atoms. The average Bonchev–Trinajstić information content (AvgIpc) is 3.29. The first-order valence-electron chi connectivity index (χ1n) is 8.89. The first-order valence-corrected chi connectivity index (χ1v) is 8.89. The molecule has 0 saturated carbocycles. The first kappa shape index (κ1) is 16.9. The number of pyridine rings is 1. The molecule has 2 atom stereocenters. The van der Waals surface area contributed by atoms with Crippen LogP contribution in [0.4, 0.5) is 5.69 Å². The van der Waals surface area contributed by atoms with Crippen LogP contribution in [0.3, 0.4) is 0 Å². The predicted octanol–water partition coefficient (Wildman–Crippen LogP) is -0.662. The van der Waals surface area contributed by atoms with Crippen LogP contribution in [0.25, 0.3) is 0 Å². The molecule has 2 aromatic rings. The standard InChI is InChI=1S/C16H23N9O/c1-12-9-17-4-3-14(12)23-5-2-6-24(8-7-23)16(26)13-10-18-20-15(13)25-11-19-21-22-25/h3-4,9,11,13,15,18,20H,2,5-8,10H2,1H3. The molecule has 0 aliphatic carbocycles. The lowest BCUT2D eigenvalue weighted by Gasteiger charge is -2.27. The molecule has 2 unspecified atom stereocenters. The molecule has 10 heteroatoms. The quantitative estimate of drug-likeness (QED) is 0.746. The lowest BCUT2D eigenvalue weighted by Crippen LogP contribution is -2.42. The second-order valence-corrected chi connectivity index (χ2v) is 6.69. The maximum atomic E-state index is 13.1. The molecule has 2 aliphatic rings. The van der Waals surface area contributed by atoms with Crippen LogP contribution in [-0.2, 0) is 4.79 Å². The predicted molar refractivity (Wildman–Crippen MR) is 93.9 cm³/mol. The van der Waals surface area contributed by atoms with Crippen LogP contribution >= 0.6 is 0 Å². The minimum absolute atomic E-state index is 0.135. The molecule has 138 valence electrons. The van der Waals surface area contributed by atoms with E-state index in [1.54, 1.807) is 4.68 Å². The third kappa shape index (κ3) is 3.25. The molecule has 1 amide bonds. The molecule has 0 radical (unpaired) electrons. The van der Waals surface area contributed by atoms with Gasteiger partial charge >= 0.3 is 0 Å². The van der Waals surface area contributed by atoms with Crippen molar-refractivity contribution < 1.29 is 4.79 Å². The summed E-state index contributed by atoms with van der Waals surface area (Å²) in [5, 5.41) is 11.3. The van der Waals surface area contributed by atoms with Crippen molar-refractivity contribution in [3.63, 3.8) is 0 Å². The Balaban J connectivity index is 1.44. The molecule has 4 heterocycles. The topological polar surface area (TPSA) is 104 Å². The Kier molecular flexibility index (Phi) is 4.76. The lowest BCUT2D eigenvalue weighted by atomic mass is 10.1. The van der Waals surface area contributed by atoms with Gasteiger partial charge in [-0.2, -0.15) is 0 Å². The Morgan fingerprint density at radius 2 is 2.19 bits per heavy atom. The number of rotatable bonds is 3. The number of hydrogen-bond acceptors (Lipinski definition) is 8. The molecule has 2 fully saturated rings. The van der Waals surface area contributed by atoms with Gasteiger partial charge in [0.05, 0.1) is 5.92 Å².